The molecule has 0 spiro atoms. The maximum atomic E-state index is 9.83. The van der Waals surface area contributed by atoms with Crippen molar-refractivity contribution in [3.8, 4) is 5.75 Å². The highest BCUT2D eigenvalue weighted by molar-refractivity contribution is 5.85. The van der Waals surface area contributed by atoms with Gasteiger partial charge in [-0.1, -0.05) is 31.5 Å². The summed E-state index contributed by atoms with van der Waals surface area (Å²) < 4.78 is 0. The van der Waals surface area contributed by atoms with Crippen molar-refractivity contribution in [3.63, 3.8) is 0 Å². The van der Waals surface area contributed by atoms with E-state index in [1.165, 1.54) is 0 Å². The molecule has 0 aliphatic heterocycles. The summed E-state index contributed by atoms with van der Waals surface area (Å²) in [6.07, 6.45) is -0.641. The predicted octanol–water partition coefficient (Wildman–Crippen LogP) is 2.14. The fourth-order valence-corrected chi connectivity index (χ4v) is 1.54. The molecule has 3 nitrogen and oxygen atoms in total. The summed E-state index contributed by atoms with van der Waals surface area (Å²) in [5.74, 6) is 0.215. The number of halogens is 1. The summed E-state index contributed by atoms with van der Waals surface area (Å²) in [4.78, 5) is 0. The predicted molar refractivity (Wildman–Crippen MR) is 67.9 cm³/mol. The molecule has 1 aromatic carbocycles. The number of aromatic hydroxyl groups is 1. The molecule has 92 valence electrons. The van der Waals surface area contributed by atoms with E-state index in [1.54, 1.807) is 6.07 Å². The number of rotatable bonds is 3. The van der Waals surface area contributed by atoms with E-state index >= 15 is 0 Å². The Morgan fingerprint density at radius 3 is 2.31 bits per heavy atom. The van der Waals surface area contributed by atoms with Crippen LogP contribution < -0.4 is 5.73 Å². The second-order valence-electron chi connectivity index (χ2n) is 4.32. The van der Waals surface area contributed by atoms with Crippen LogP contribution in [0.25, 0.3) is 0 Å². The molecule has 4 heteroatoms. The molecule has 0 aliphatic rings. The summed E-state index contributed by atoms with van der Waals surface area (Å²) in [6, 6.07) is 4.70. The smallest absolute Gasteiger partial charge is 0.120 e. The Kier molecular flexibility index (Phi) is 5.79. The normalized spacial score (nSPS) is 14.4. The van der Waals surface area contributed by atoms with Crippen molar-refractivity contribution in [3.05, 3.63) is 29.3 Å². The van der Waals surface area contributed by atoms with Crippen molar-refractivity contribution in [2.24, 2.45) is 11.7 Å². The van der Waals surface area contributed by atoms with Gasteiger partial charge >= 0.3 is 0 Å². The molecule has 0 radical (unpaired) electrons. The topological polar surface area (TPSA) is 66.5 Å². The minimum absolute atomic E-state index is 0. The lowest BCUT2D eigenvalue weighted by molar-refractivity contribution is 0.0970. The molecular weight excluding hydrogens is 226 g/mol. The van der Waals surface area contributed by atoms with Crippen LogP contribution in [0, 0.1) is 12.8 Å². The average Bonchev–Trinajstić information content (AvgIpc) is 2.19. The van der Waals surface area contributed by atoms with E-state index in [4.69, 9.17) is 5.73 Å². The number of nitrogens with two attached hydrogens (primary N) is 1. The van der Waals surface area contributed by atoms with Crippen molar-refractivity contribution >= 4 is 12.4 Å². The van der Waals surface area contributed by atoms with Gasteiger partial charge in [0.1, 0.15) is 5.75 Å². The van der Waals surface area contributed by atoms with E-state index in [1.807, 2.05) is 32.9 Å². The number of benzene rings is 1. The van der Waals surface area contributed by atoms with Crippen molar-refractivity contribution < 1.29 is 10.2 Å². The van der Waals surface area contributed by atoms with Crippen LogP contribution in [0.1, 0.15) is 31.0 Å². The zero-order valence-electron chi connectivity index (χ0n) is 9.84. The zero-order chi connectivity index (χ0) is 11.6. The Morgan fingerprint density at radius 2 is 1.81 bits per heavy atom. The lowest BCUT2D eigenvalue weighted by Crippen LogP contribution is -2.30. The second kappa shape index (κ2) is 6.09. The second-order valence-corrected chi connectivity index (χ2v) is 4.32. The fourth-order valence-electron chi connectivity index (χ4n) is 1.54. The SMILES string of the molecule is Cc1ccc(O)c([C@@H](N)[C@@H](O)C(C)C)c1.Cl. The van der Waals surface area contributed by atoms with E-state index in [0.717, 1.165) is 5.56 Å². The van der Waals surface area contributed by atoms with Gasteiger partial charge in [-0.25, -0.2) is 0 Å². The van der Waals surface area contributed by atoms with Crippen LogP contribution in [0.3, 0.4) is 0 Å². The van der Waals surface area contributed by atoms with Gasteiger partial charge in [0.25, 0.3) is 0 Å². The van der Waals surface area contributed by atoms with Crippen molar-refractivity contribution in [2.75, 3.05) is 0 Å². The number of aliphatic hydroxyl groups is 1. The molecule has 0 amide bonds. The third-order valence-corrected chi connectivity index (χ3v) is 2.59. The van der Waals surface area contributed by atoms with E-state index in [-0.39, 0.29) is 24.1 Å². The van der Waals surface area contributed by atoms with Gasteiger partial charge in [0, 0.05) is 5.56 Å². The van der Waals surface area contributed by atoms with Crippen molar-refractivity contribution in [1.29, 1.82) is 0 Å². The first-order chi connectivity index (χ1) is 6.93. The number of hydrogen-bond donors (Lipinski definition) is 3. The van der Waals surface area contributed by atoms with Gasteiger partial charge in [-0.15, -0.1) is 12.4 Å². The minimum atomic E-state index is -0.641. The lowest BCUT2D eigenvalue weighted by atomic mass is 9.93. The lowest BCUT2D eigenvalue weighted by Gasteiger charge is -2.23. The first-order valence-electron chi connectivity index (χ1n) is 5.16. The largest absolute Gasteiger partial charge is 0.508 e. The molecule has 16 heavy (non-hydrogen) atoms. The zero-order valence-corrected chi connectivity index (χ0v) is 10.7. The molecule has 0 saturated carbocycles. The van der Waals surface area contributed by atoms with Gasteiger partial charge in [0.05, 0.1) is 12.1 Å². The fraction of sp³-hybridized carbons (Fsp3) is 0.500. The monoisotopic (exact) mass is 245 g/mol. The molecule has 0 bridgehead atoms. The highest BCUT2D eigenvalue weighted by atomic mass is 35.5. The summed E-state index contributed by atoms with van der Waals surface area (Å²) >= 11 is 0. The summed E-state index contributed by atoms with van der Waals surface area (Å²) in [6.45, 7) is 5.73. The number of phenols is 1. The molecular formula is C12H20ClNO2. The summed E-state index contributed by atoms with van der Waals surface area (Å²) in [5.41, 5.74) is 7.53. The standard InChI is InChI=1S/C12H19NO2.ClH/c1-7(2)12(15)11(13)9-6-8(3)4-5-10(9)14;/h4-7,11-12,14-15H,13H2,1-3H3;1H/t11-,12+;/m1./s1. The first kappa shape index (κ1) is 15.2. The average molecular weight is 246 g/mol. The minimum Gasteiger partial charge on any atom is -0.508 e. The molecule has 0 fully saturated rings. The van der Waals surface area contributed by atoms with Gasteiger partial charge < -0.3 is 15.9 Å². The summed E-state index contributed by atoms with van der Waals surface area (Å²) in [5, 5.41) is 19.5. The van der Waals surface area contributed by atoms with Crippen LogP contribution in [0.5, 0.6) is 5.75 Å². The van der Waals surface area contributed by atoms with Crippen LogP contribution in [0.4, 0.5) is 0 Å². The number of aliphatic hydroxyl groups excluding tert-OH is 1. The molecule has 1 rings (SSSR count). The Morgan fingerprint density at radius 1 is 1.25 bits per heavy atom. The van der Waals surface area contributed by atoms with Gasteiger partial charge in [-0.3, -0.25) is 0 Å². The number of phenolic OH excluding ortho intramolecular Hbond substituents is 1. The maximum Gasteiger partial charge on any atom is 0.120 e. The molecule has 1 aromatic rings. The highest BCUT2D eigenvalue weighted by Crippen LogP contribution is 2.27. The molecule has 0 aromatic heterocycles. The van der Waals surface area contributed by atoms with Gasteiger partial charge in [0.15, 0.2) is 0 Å². The van der Waals surface area contributed by atoms with E-state index in [2.05, 4.69) is 0 Å². The summed E-state index contributed by atoms with van der Waals surface area (Å²) in [7, 11) is 0. The van der Waals surface area contributed by atoms with Gasteiger partial charge in [-0.05, 0) is 18.9 Å². The Bertz CT molecular complexity index is 342. The Balaban J connectivity index is 0.00000225. The first-order valence-corrected chi connectivity index (χ1v) is 5.16. The van der Waals surface area contributed by atoms with Crippen LogP contribution in [-0.4, -0.2) is 16.3 Å². The van der Waals surface area contributed by atoms with Crippen LogP contribution in [0.15, 0.2) is 18.2 Å². The molecule has 0 unspecified atom stereocenters. The van der Waals surface area contributed by atoms with Crippen molar-refractivity contribution in [1.82, 2.24) is 0 Å². The van der Waals surface area contributed by atoms with E-state index < -0.39 is 12.1 Å². The third-order valence-electron chi connectivity index (χ3n) is 2.59. The quantitative estimate of drug-likeness (QED) is 0.764. The Labute approximate surface area is 103 Å². The van der Waals surface area contributed by atoms with Gasteiger partial charge in [-0.2, -0.15) is 0 Å². The molecule has 0 heterocycles. The maximum absolute atomic E-state index is 9.83. The van der Waals surface area contributed by atoms with Crippen molar-refractivity contribution in [2.45, 2.75) is 32.9 Å². The molecule has 4 N–H and O–H groups in total. The van der Waals surface area contributed by atoms with Gasteiger partial charge in [0.2, 0.25) is 0 Å². The molecule has 2 atom stereocenters. The van der Waals surface area contributed by atoms with E-state index in [9.17, 15) is 10.2 Å². The van der Waals surface area contributed by atoms with Crippen LogP contribution in [-0.2, 0) is 0 Å². The van der Waals surface area contributed by atoms with Crippen LogP contribution >= 0.6 is 12.4 Å². The molecule has 0 aliphatic carbocycles. The Hall–Kier alpha value is -0.770. The highest BCUT2D eigenvalue weighted by Gasteiger charge is 2.22. The van der Waals surface area contributed by atoms with E-state index in [0.29, 0.717) is 5.56 Å². The number of aryl methyl sites for hydroxylation is 1. The van der Waals surface area contributed by atoms with Crippen LogP contribution in [0.2, 0.25) is 0 Å². The molecule has 0 saturated heterocycles. The third kappa shape index (κ3) is 3.37. The number of hydrogen-bond acceptors (Lipinski definition) is 3.